The molecule has 1 aliphatic heterocycles. The number of unbranched alkanes of at least 4 members (excludes halogenated alkanes) is 2. The van der Waals surface area contributed by atoms with Gasteiger partial charge >= 0.3 is 0 Å². The van der Waals surface area contributed by atoms with E-state index in [-0.39, 0.29) is 0 Å². The molecule has 0 fully saturated rings. The molecule has 0 aromatic rings. The van der Waals surface area contributed by atoms with Crippen LogP contribution >= 0.6 is 7.14 Å². The Kier molecular flexibility index (Phi) is 3.39. The quantitative estimate of drug-likeness (QED) is 0.362. The van der Waals surface area contributed by atoms with Gasteiger partial charge in [-0.15, -0.1) is 0 Å². The minimum absolute atomic E-state index is 0.872. The first kappa shape index (κ1) is 9.06. The largest absolute Gasteiger partial charge is 0.323 e. The monoisotopic (exact) mass is 172 g/mol. The summed E-state index contributed by atoms with van der Waals surface area (Å²) in [5.41, 5.74) is 0. The molecule has 0 spiro atoms. The molecule has 0 amide bonds. The van der Waals surface area contributed by atoms with Crippen LogP contribution in [-0.2, 0) is 4.57 Å². The van der Waals surface area contributed by atoms with Gasteiger partial charge in [0.05, 0.1) is 7.14 Å². The van der Waals surface area contributed by atoms with Crippen molar-refractivity contribution in [3.63, 3.8) is 0 Å². The maximum atomic E-state index is 11.8. The van der Waals surface area contributed by atoms with Gasteiger partial charge in [-0.3, -0.25) is 0 Å². The van der Waals surface area contributed by atoms with Crippen LogP contribution in [0.2, 0.25) is 0 Å². The summed E-state index contributed by atoms with van der Waals surface area (Å²) in [5, 5.41) is 0. The fraction of sp³-hybridized carbons (Fsp3) is 0.778. The number of allylic oxidation sites excluding steroid dienone is 2. The normalized spacial score (nSPS) is 20.8. The zero-order valence-corrected chi connectivity index (χ0v) is 8.15. The van der Waals surface area contributed by atoms with Gasteiger partial charge < -0.3 is 4.57 Å². The maximum Gasteiger partial charge on any atom is 0.0949 e. The number of hydrogen-bond donors (Lipinski definition) is 0. The third-order valence-corrected chi connectivity index (χ3v) is 5.10. The van der Waals surface area contributed by atoms with Crippen LogP contribution in [0.25, 0.3) is 0 Å². The first-order valence-corrected chi connectivity index (χ1v) is 6.75. The minimum Gasteiger partial charge on any atom is -0.323 e. The van der Waals surface area contributed by atoms with E-state index in [2.05, 4.69) is 19.1 Å². The Balaban J connectivity index is 2.20. The van der Waals surface area contributed by atoms with E-state index in [0.717, 1.165) is 24.9 Å². The van der Waals surface area contributed by atoms with Gasteiger partial charge in [-0.05, 0) is 6.42 Å². The summed E-state index contributed by atoms with van der Waals surface area (Å²) < 4.78 is 11.8. The summed E-state index contributed by atoms with van der Waals surface area (Å²) in [6.07, 6.45) is 10.5. The first-order valence-electron chi connectivity index (χ1n) is 4.49. The van der Waals surface area contributed by atoms with E-state index >= 15 is 0 Å². The smallest absolute Gasteiger partial charge is 0.0949 e. The van der Waals surface area contributed by atoms with Gasteiger partial charge in [0.25, 0.3) is 0 Å². The van der Waals surface area contributed by atoms with E-state index in [9.17, 15) is 4.57 Å². The minimum atomic E-state index is -1.71. The second-order valence-corrected chi connectivity index (χ2v) is 6.62. The molecule has 0 saturated carbocycles. The summed E-state index contributed by atoms with van der Waals surface area (Å²) in [6.45, 7) is 2.18. The molecule has 0 atom stereocenters. The molecule has 0 radical (unpaired) electrons. The Bertz CT molecular complexity index is 172. The highest BCUT2D eigenvalue weighted by molar-refractivity contribution is 7.64. The molecule has 64 valence electrons. The molecule has 0 aromatic carbocycles. The Morgan fingerprint density at radius 2 is 1.91 bits per heavy atom. The summed E-state index contributed by atoms with van der Waals surface area (Å²) in [6, 6.07) is 0. The van der Waals surface area contributed by atoms with Crippen molar-refractivity contribution in [3.05, 3.63) is 12.2 Å². The summed E-state index contributed by atoms with van der Waals surface area (Å²) in [5.74, 6) is 0. The van der Waals surface area contributed by atoms with Gasteiger partial charge in [-0.1, -0.05) is 31.9 Å². The van der Waals surface area contributed by atoms with Crippen LogP contribution in [-0.4, -0.2) is 18.5 Å². The predicted octanol–water partition coefficient (Wildman–Crippen LogP) is 3.11. The van der Waals surface area contributed by atoms with Gasteiger partial charge in [-0.25, -0.2) is 0 Å². The van der Waals surface area contributed by atoms with Crippen molar-refractivity contribution in [2.75, 3.05) is 18.5 Å². The molecule has 0 aliphatic carbocycles. The fourth-order valence-corrected chi connectivity index (χ4v) is 3.82. The third kappa shape index (κ3) is 2.83. The van der Waals surface area contributed by atoms with Crippen LogP contribution in [0.5, 0.6) is 0 Å². The molecule has 1 rings (SSSR count). The van der Waals surface area contributed by atoms with E-state index < -0.39 is 7.14 Å². The highest BCUT2D eigenvalue weighted by Gasteiger charge is 2.21. The predicted molar refractivity (Wildman–Crippen MR) is 50.9 cm³/mol. The van der Waals surface area contributed by atoms with E-state index in [1.165, 1.54) is 12.8 Å². The molecular formula is C9H17OP. The standard InChI is InChI=1S/C9H17OP/c1-2-3-4-7-11(10)8-5-6-9-11/h5-6H,2-4,7-9H2,1H3. The number of hydrogen-bond acceptors (Lipinski definition) is 1. The molecule has 2 heteroatoms. The van der Waals surface area contributed by atoms with E-state index in [1.807, 2.05) is 0 Å². The third-order valence-electron chi connectivity index (χ3n) is 2.21. The van der Waals surface area contributed by atoms with Crippen LogP contribution < -0.4 is 0 Å². The molecule has 11 heavy (non-hydrogen) atoms. The number of rotatable bonds is 4. The average molecular weight is 172 g/mol. The maximum absolute atomic E-state index is 11.8. The average Bonchev–Trinajstić information content (AvgIpc) is 2.38. The van der Waals surface area contributed by atoms with Crippen LogP contribution in [0.1, 0.15) is 26.2 Å². The second-order valence-electron chi connectivity index (χ2n) is 3.33. The SMILES string of the molecule is CCCCCP1(=O)CC=CC1. The molecule has 1 nitrogen and oxygen atoms in total. The zero-order valence-electron chi connectivity index (χ0n) is 7.25. The van der Waals surface area contributed by atoms with Crippen molar-refractivity contribution in [1.82, 2.24) is 0 Å². The summed E-state index contributed by atoms with van der Waals surface area (Å²) >= 11 is 0. The summed E-state index contributed by atoms with van der Waals surface area (Å²) in [4.78, 5) is 0. The Labute approximate surface area is 69.3 Å². The van der Waals surface area contributed by atoms with Crippen LogP contribution in [0, 0.1) is 0 Å². The van der Waals surface area contributed by atoms with Crippen molar-refractivity contribution in [2.45, 2.75) is 26.2 Å². The van der Waals surface area contributed by atoms with Crippen molar-refractivity contribution in [3.8, 4) is 0 Å². The van der Waals surface area contributed by atoms with E-state index in [0.29, 0.717) is 0 Å². The first-order chi connectivity index (χ1) is 5.27. The lowest BCUT2D eigenvalue weighted by Gasteiger charge is -2.09. The lowest BCUT2D eigenvalue weighted by molar-refractivity contribution is 0.576. The highest BCUT2D eigenvalue weighted by atomic mass is 31.2. The molecule has 0 unspecified atom stereocenters. The zero-order chi connectivity index (χ0) is 8.16. The molecule has 0 saturated heterocycles. The van der Waals surface area contributed by atoms with Crippen molar-refractivity contribution >= 4 is 7.14 Å². The van der Waals surface area contributed by atoms with Crippen molar-refractivity contribution in [1.29, 1.82) is 0 Å². The Morgan fingerprint density at radius 1 is 1.27 bits per heavy atom. The summed E-state index contributed by atoms with van der Waals surface area (Å²) in [7, 11) is -1.71. The van der Waals surface area contributed by atoms with Crippen LogP contribution in [0.4, 0.5) is 0 Å². The lowest BCUT2D eigenvalue weighted by atomic mass is 10.3. The van der Waals surface area contributed by atoms with Gasteiger partial charge in [0, 0.05) is 18.5 Å². The molecule has 1 aliphatic rings. The molecular weight excluding hydrogens is 155 g/mol. The van der Waals surface area contributed by atoms with Gasteiger partial charge in [0.2, 0.25) is 0 Å². The lowest BCUT2D eigenvalue weighted by Crippen LogP contribution is -1.92. The van der Waals surface area contributed by atoms with Crippen LogP contribution in [0.3, 0.4) is 0 Å². The van der Waals surface area contributed by atoms with E-state index in [1.54, 1.807) is 0 Å². The van der Waals surface area contributed by atoms with E-state index in [4.69, 9.17) is 0 Å². The molecule has 0 aromatic heterocycles. The van der Waals surface area contributed by atoms with Crippen molar-refractivity contribution < 1.29 is 4.57 Å². The molecule has 0 N–H and O–H groups in total. The Morgan fingerprint density at radius 3 is 2.45 bits per heavy atom. The topological polar surface area (TPSA) is 17.1 Å². The molecule has 0 bridgehead atoms. The fourth-order valence-electron chi connectivity index (χ4n) is 1.44. The second kappa shape index (κ2) is 4.11. The van der Waals surface area contributed by atoms with Gasteiger partial charge in [-0.2, -0.15) is 0 Å². The Hall–Kier alpha value is -0.0300. The highest BCUT2D eigenvalue weighted by Crippen LogP contribution is 2.49. The molecule has 1 heterocycles. The van der Waals surface area contributed by atoms with Gasteiger partial charge in [0.15, 0.2) is 0 Å². The van der Waals surface area contributed by atoms with Crippen molar-refractivity contribution in [2.24, 2.45) is 0 Å². The van der Waals surface area contributed by atoms with Crippen LogP contribution in [0.15, 0.2) is 12.2 Å². The van der Waals surface area contributed by atoms with Gasteiger partial charge in [0.1, 0.15) is 0 Å².